The SMILES string of the molecule is Cc1cc(C)c(NC(=O)CN2C(=O)CC(C)Sc3ccc(S(=O)(=O)N4CCCCC4)cc32)c(C)c1. The Kier molecular flexibility index (Phi) is 7.59. The zero-order valence-electron chi connectivity index (χ0n) is 20.8. The lowest BCUT2D eigenvalue weighted by atomic mass is 10.1. The number of hydrogen-bond acceptors (Lipinski definition) is 5. The molecule has 1 unspecified atom stereocenters. The number of anilines is 2. The summed E-state index contributed by atoms with van der Waals surface area (Å²) in [6, 6.07) is 8.97. The number of nitrogens with one attached hydrogen (secondary N) is 1. The summed E-state index contributed by atoms with van der Waals surface area (Å²) in [6.45, 7) is 8.69. The van der Waals surface area contributed by atoms with Gasteiger partial charge in [-0.15, -0.1) is 11.8 Å². The van der Waals surface area contributed by atoms with Crippen LogP contribution >= 0.6 is 11.8 Å². The second-order valence-corrected chi connectivity index (χ2v) is 12.9. The van der Waals surface area contributed by atoms with Crippen molar-refractivity contribution in [1.82, 2.24) is 4.31 Å². The molecule has 0 aromatic heterocycles. The number of fused-ring (bicyclic) bond motifs is 1. The first-order valence-corrected chi connectivity index (χ1v) is 14.4. The number of aryl methyl sites for hydroxylation is 3. The molecule has 0 spiro atoms. The Bertz CT molecular complexity index is 1230. The molecule has 0 radical (unpaired) electrons. The number of sulfonamides is 1. The van der Waals surface area contributed by atoms with Gasteiger partial charge in [-0.1, -0.05) is 31.0 Å². The summed E-state index contributed by atoms with van der Waals surface area (Å²) in [5.41, 5.74) is 4.25. The minimum atomic E-state index is -3.67. The fourth-order valence-corrected chi connectivity index (χ4v) is 7.48. The van der Waals surface area contributed by atoms with Crippen molar-refractivity contribution < 1.29 is 18.0 Å². The van der Waals surface area contributed by atoms with Crippen LogP contribution in [-0.4, -0.2) is 49.4 Å². The van der Waals surface area contributed by atoms with Crippen LogP contribution in [0.5, 0.6) is 0 Å². The lowest BCUT2D eigenvalue weighted by Gasteiger charge is -2.27. The number of benzene rings is 2. The van der Waals surface area contributed by atoms with Crippen LogP contribution in [0.2, 0.25) is 0 Å². The number of carbonyl (C=O) groups is 2. The summed E-state index contributed by atoms with van der Waals surface area (Å²) in [6.07, 6.45) is 2.99. The Morgan fingerprint density at radius 2 is 1.71 bits per heavy atom. The third-order valence-electron chi connectivity index (χ3n) is 6.51. The molecule has 1 fully saturated rings. The van der Waals surface area contributed by atoms with Gasteiger partial charge in [0, 0.05) is 35.3 Å². The van der Waals surface area contributed by atoms with E-state index in [0.29, 0.717) is 18.8 Å². The quantitative estimate of drug-likeness (QED) is 0.627. The number of hydrogen-bond donors (Lipinski definition) is 1. The van der Waals surface area contributed by atoms with Gasteiger partial charge in [0.2, 0.25) is 21.8 Å². The van der Waals surface area contributed by atoms with Crippen molar-refractivity contribution in [1.29, 1.82) is 0 Å². The number of carbonyl (C=O) groups excluding carboxylic acids is 2. The molecule has 35 heavy (non-hydrogen) atoms. The van der Waals surface area contributed by atoms with Crippen LogP contribution in [0, 0.1) is 20.8 Å². The summed E-state index contributed by atoms with van der Waals surface area (Å²) in [4.78, 5) is 28.7. The van der Waals surface area contributed by atoms with E-state index in [-0.39, 0.29) is 34.9 Å². The van der Waals surface area contributed by atoms with Crippen LogP contribution in [-0.2, 0) is 19.6 Å². The van der Waals surface area contributed by atoms with Crippen LogP contribution in [0.1, 0.15) is 49.3 Å². The van der Waals surface area contributed by atoms with Crippen LogP contribution in [0.15, 0.2) is 40.1 Å². The molecule has 2 aliphatic rings. The number of rotatable bonds is 5. The standard InChI is InChI=1S/C26H33N3O4S2/c1-17-12-18(2)26(19(3)13-17)27-24(30)16-29-22-15-21(35(32,33)28-10-6-5-7-11-28)8-9-23(22)34-20(4)14-25(29)31/h8-9,12-13,15,20H,5-7,10-11,14,16H2,1-4H3,(H,27,30). The maximum atomic E-state index is 13.3. The first-order valence-electron chi connectivity index (χ1n) is 12.0. The molecule has 4 rings (SSSR count). The monoisotopic (exact) mass is 515 g/mol. The molecule has 9 heteroatoms. The Balaban J connectivity index is 1.66. The van der Waals surface area contributed by atoms with Crippen molar-refractivity contribution in [3.05, 3.63) is 47.0 Å². The van der Waals surface area contributed by atoms with Gasteiger partial charge in [0.05, 0.1) is 10.6 Å². The maximum Gasteiger partial charge on any atom is 0.244 e. The highest BCUT2D eigenvalue weighted by molar-refractivity contribution is 8.00. The van der Waals surface area contributed by atoms with Gasteiger partial charge in [0.25, 0.3) is 0 Å². The molecule has 2 amide bonds. The minimum absolute atomic E-state index is 0.0143. The molecule has 7 nitrogen and oxygen atoms in total. The van der Waals surface area contributed by atoms with Crippen molar-refractivity contribution in [2.24, 2.45) is 0 Å². The molecule has 2 aromatic carbocycles. The van der Waals surface area contributed by atoms with E-state index >= 15 is 0 Å². The fourth-order valence-electron chi connectivity index (χ4n) is 4.84. The fraction of sp³-hybridized carbons (Fsp3) is 0.462. The summed E-state index contributed by atoms with van der Waals surface area (Å²) >= 11 is 1.53. The van der Waals surface area contributed by atoms with E-state index in [2.05, 4.69) is 5.32 Å². The van der Waals surface area contributed by atoms with Gasteiger partial charge in [0.15, 0.2) is 0 Å². The Hall–Kier alpha value is -2.36. The minimum Gasteiger partial charge on any atom is -0.324 e. The first kappa shape index (κ1) is 25.7. The summed E-state index contributed by atoms with van der Waals surface area (Å²) in [7, 11) is -3.67. The lowest BCUT2D eigenvalue weighted by molar-refractivity contribution is -0.121. The van der Waals surface area contributed by atoms with Crippen LogP contribution < -0.4 is 10.2 Å². The van der Waals surface area contributed by atoms with Gasteiger partial charge in [-0.05, 0) is 62.9 Å². The van der Waals surface area contributed by atoms with Gasteiger partial charge in [-0.25, -0.2) is 8.42 Å². The molecule has 188 valence electrons. The van der Waals surface area contributed by atoms with E-state index in [1.54, 1.807) is 18.2 Å². The van der Waals surface area contributed by atoms with Crippen molar-refractivity contribution in [3.63, 3.8) is 0 Å². The zero-order valence-corrected chi connectivity index (χ0v) is 22.4. The van der Waals surface area contributed by atoms with E-state index in [1.165, 1.54) is 21.0 Å². The highest BCUT2D eigenvalue weighted by atomic mass is 32.2. The number of piperidine rings is 1. The smallest absolute Gasteiger partial charge is 0.244 e. The lowest BCUT2D eigenvalue weighted by Crippen LogP contribution is -2.39. The maximum absolute atomic E-state index is 13.3. The largest absolute Gasteiger partial charge is 0.324 e. The molecule has 1 atom stereocenters. The van der Waals surface area contributed by atoms with Crippen molar-refractivity contribution in [3.8, 4) is 0 Å². The van der Waals surface area contributed by atoms with Gasteiger partial charge >= 0.3 is 0 Å². The number of amides is 2. The van der Waals surface area contributed by atoms with Gasteiger partial charge in [-0.3, -0.25) is 9.59 Å². The predicted octanol–water partition coefficient (Wildman–Crippen LogP) is 4.64. The summed E-state index contributed by atoms with van der Waals surface area (Å²) < 4.78 is 28.1. The normalized spacial score (nSPS) is 19.3. The molecule has 2 aliphatic heterocycles. The average molecular weight is 516 g/mol. The van der Waals surface area contributed by atoms with Crippen molar-refractivity contribution in [2.75, 3.05) is 29.9 Å². The zero-order chi connectivity index (χ0) is 25.3. The van der Waals surface area contributed by atoms with Gasteiger partial charge in [-0.2, -0.15) is 4.31 Å². The van der Waals surface area contributed by atoms with Gasteiger partial charge < -0.3 is 10.2 Å². The second-order valence-electron chi connectivity index (χ2n) is 9.53. The van der Waals surface area contributed by atoms with E-state index in [9.17, 15) is 18.0 Å². The summed E-state index contributed by atoms with van der Waals surface area (Å²) in [5.74, 6) is -0.507. The molecule has 2 aromatic rings. The topological polar surface area (TPSA) is 86.8 Å². The van der Waals surface area contributed by atoms with Crippen molar-refractivity contribution in [2.45, 2.75) is 68.4 Å². The molecule has 0 aliphatic carbocycles. The predicted molar refractivity (Wildman–Crippen MR) is 141 cm³/mol. The molecule has 1 N–H and O–H groups in total. The van der Waals surface area contributed by atoms with Crippen molar-refractivity contribution >= 4 is 45.0 Å². The van der Waals surface area contributed by atoms with E-state index < -0.39 is 10.0 Å². The molecular weight excluding hydrogens is 482 g/mol. The Labute approximate surface area is 212 Å². The molecule has 1 saturated heterocycles. The van der Waals surface area contributed by atoms with E-state index in [1.807, 2.05) is 39.8 Å². The third-order valence-corrected chi connectivity index (χ3v) is 9.57. The Morgan fingerprint density at radius 3 is 2.37 bits per heavy atom. The second kappa shape index (κ2) is 10.3. The molecule has 2 heterocycles. The van der Waals surface area contributed by atoms with E-state index in [0.717, 1.165) is 46.5 Å². The average Bonchev–Trinajstić information content (AvgIpc) is 2.91. The summed E-state index contributed by atoms with van der Waals surface area (Å²) in [5, 5.41) is 2.98. The van der Waals surface area contributed by atoms with Crippen LogP contribution in [0.3, 0.4) is 0 Å². The highest BCUT2D eigenvalue weighted by Crippen LogP contribution is 2.40. The highest BCUT2D eigenvalue weighted by Gasteiger charge is 2.32. The molecule has 0 saturated carbocycles. The third kappa shape index (κ3) is 5.57. The molecule has 0 bridgehead atoms. The molecular formula is C26H33N3O4S2. The van der Waals surface area contributed by atoms with Crippen LogP contribution in [0.25, 0.3) is 0 Å². The van der Waals surface area contributed by atoms with Gasteiger partial charge in [0.1, 0.15) is 6.54 Å². The number of nitrogens with zero attached hydrogens (tertiary/aromatic N) is 2. The first-order chi connectivity index (χ1) is 16.6. The van der Waals surface area contributed by atoms with E-state index in [4.69, 9.17) is 0 Å². The van der Waals surface area contributed by atoms with Crippen LogP contribution in [0.4, 0.5) is 11.4 Å². The Morgan fingerprint density at radius 1 is 1.06 bits per heavy atom. The number of thioether (sulfide) groups is 1.